The molecule has 4 amide bonds. The number of amides is 4. The van der Waals surface area contributed by atoms with Crippen LogP contribution in [0.15, 0.2) is 48.5 Å². The van der Waals surface area contributed by atoms with Crippen LogP contribution in [0.5, 0.6) is 11.5 Å². The molecule has 16 nitrogen and oxygen atoms in total. The molecule has 8 rings (SSSR count). The maximum atomic E-state index is 15.1. The van der Waals surface area contributed by atoms with Crippen LogP contribution >= 0.6 is 0 Å². The lowest BCUT2D eigenvalue weighted by molar-refractivity contribution is -0.138. The maximum absolute atomic E-state index is 15.1. The van der Waals surface area contributed by atoms with E-state index in [1.807, 2.05) is 0 Å². The van der Waals surface area contributed by atoms with Crippen LogP contribution in [-0.4, -0.2) is 115 Å². The van der Waals surface area contributed by atoms with E-state index in [0.29, 0.717) is 47.1 Å². The van der Waals surface area contributed by atoms with Crippen LogP contribution in [0.3, 0.4) is 0 Å². The van der Waals surface area contributed by atoms with Gasteiger partial charge in [-0.2, -0.15) is 10.2 Å². The topological polar surface area (TPSA) is 221 Å². The number of nitrogens with zero attached hydrogens (tertiary/aromatic N) is 6. The van der Waals surface area contributed by atoms with Gasteiger partial charge in [0.1, 0.15) is 36.1 Å². The number of nitrogens with two attached hydrogens (primary N) is 2. The molecule has 58 heavy (non-hydrogen) atoms. The average molecular weight is 797 g/mol. The molecule has 6 heterocycles. The molecule has 0 saturated carbocycles. The lowest BCUT2D eigenvalue weighted by atomic mass is 10.0. The van der Waals surface area contributed by atoms with E-state index in [1.54, 1.807) is 50.5 Å². The van der Waals surface area contributed by atoms with Crippen molar-refractivity contribution >= 4 is 23.6 Å². The Morgan fingerprint density at radius 1 is 0.707 bits per heavy atom. The van der Waals surface area contributed by atoms with E-state index >= 15 is 8.78 Å². The summed E-state index contributed by atoms with van der Waals surface area (Å²) in [5.41, 5.74) is 5.15. The molecule has 0 radical (unpaired) electrons. The van der Waals surface area contributed by atoms with Crippen molar-refractivity contribution in [2.45, 2.75) is 49.2 Å². The molecule has 4 aliphatic rings. The summed E-state index contributed by atoms with van der Waals surface area (Å²) >= 11 is 0. The van der Waals surface area contributed by atoms with Crippen molar-refractivity contribution in [1.29, 1.82) is 0 Å². The second kappa shape index (κ2) is 14.0. The first-order valence-electron chi connectivity index (χ1n) is 18.0. The summed E-state index contributed by atoms with van der Waals surface area (Å²) < 4.78 is 43.9. The van der Waals surface area contributed by atoms with Crippen molar-refractivity contribution in [2.75, 3.05) is 40.4 Å². The predicted octanol–water partition coefficient (Wildman–Crippen LogP) is 0.986. The van der Waals surface area contributed by atoms with Gasteiger partial charge in [-0.25, -0.2) is 18.1 Å². The Kier molecular flexibility index (Phi) is 9.54. The molecule has 18 heteroatoms. The van der Waals surface area contributed by atoms with E-state index in [-0.39, 0.29) is 48.8 Å². The van der Waals surface area contributed by atoms with E-state index in [2.05, 4.69) is 33.9 Å². The lowest BCUT2D eigenvalue weighted by Gasteiger charge is -2.17. The SMILES string of the molecule is CN1CC[C@@](O)(C#Cc2ccc3c(c2)-n2nc(C(N)=O)cc2[C@@](C)(F)CO3)C1=O.CN1CC[C@@](O)(C#Cc2ccc3c(c2)-n2nc(C(N)=O)cc2[C@](C)(F)CO3)C1=O. The second-order valence-electron chi connectivity index (χ2n) is 14.9. The number of benzene rings is 2. The molecule has 4 atom stereocenters. The molecule has 6 N–H and O–H groups in total. The van der Waals surface area contributed by atoms with Crippen molar-refractivity contribution in [2.24, 2.45) is 11.5 Å². The first kappa shape index (κ1) is 39.5. The van der Waals surface area contributed by atoms with Crippen LogP contribution in [-0.2, 0) is 20.9 Å². The van der Waals surface area contributed by atoms with Gasteiger partial charge < -0.3 is 41.0 Å². The third-order valence-corrected chi connectivity index (χ3v) is 10.2. The van der Waals surface area contributed by atoms with Crippen molar-refractivity contribution in [3.8, 4) is 46.6 Å². The Hall–Kier alpha value is -6.76. The van der Waals surface area contributed by atoms with Crippen LogP contribution in [0.25, 0.3) is 11.4 Å². The lowest BCUT2D eigenvalue weighted by Crippen LogP contribution is -2.37. The van der Waals surface area contributed by atoms with Gasteiger partial charge >= 0.3 is 0 Å². The van der Waals surface area contributed by atoms with Gasteiger partial charge in [0.25, 0.3) is 23.6 Å². The zero-order chi connectivity index (χ0) is 41.9. The Balaban J connectivity index is 0.000000177. The number of fused-ring (bicyclic) bond motifs is 6. The Morgan fingerprint density at radius 2 is 1.09 bits per heavy atom. The molecule has 2 fully saturated rings. The van der Waals surface area contributed by atoms with Crippen molar-refractivity contribution in [3.05, 3.63) is 82.4 Å². The van der Waals surface area contributed by atoms with Gasteiger partial charge in [0.15, 0.2) is 22.7 Å². The molecule has 4 aromatic rings. The Labute approximate surface area is 330 Å². The number of hydrogen-bond acceptors (Lipinski definition) is 10. The summed E-state index contributed by atoms with van der Waals surface area (Å²) in [7, 11) is 3.20. The molecule has 2 aromatic heterocycles. The number of likely N-dealkylation sites (N-methyl/N-ethyl adjacent to an activating group) is 2. The van der Waals surface area contributed by atoms with Gasteiger partial charge in [0.05, 0.1) is 11.4 Å². The van der Waals surface area contributed by atoms with Crippen LogP contribution in [0, 0.1) is 23.7 Å². The first-order chi connectivity index (χ1) is 27.2. The number of halogens is 2. The molecule has 300 valence electrons. The van der Waals surface area contributed by atoms with Crippen LogP contribution in [0.4, 0.5) is 8.78 Å². The summed E-state index contributed by atoms with van der Waals surface area (Å²) in [5.74, 6) is 9.14. The van der Waals surface area contributed by atoms with Gasteiger partial charge in [0.2, 0.25) is 11.2 Å². The van der Waals surface area contributed by atoms with Gasteiger partial charge in [-0.05, 0) is 62.4 Å². The molecule has 0 aliphatic carbocycles. The fraction of sp³-hybridized carbons (Fsp3) is 0.350. The molecular formula is C40H38F2N8O8. The van der Waals surface area contributed by atoms with E-state index in [0.717, 1.165) is 0 Å². The zero-order valence-corrected chi connectivity index (χ0v) is 31.8. The highest BCUT2D eigenvalue weighted by atomic mass is 19.1. The summed E-state index contributed by atoms with van der Waals surface area (Å²) in [6.07, 6.45) is 0.434. The number of carbonyl (C=O) groups excluding carboxylic acids is 4. The Morgan fingerprint density at radius 3 is 1.41 bits per heavy atom. The number of carbonyl (C=O) groups is 4. The number of rotatable bonds is 2. The molecule has 4 aliphatic heterocycles. The minimum absolute atomic E-state index is 0.0675. The predicted molar refractivity (Wildman–Crippen MR) is 200 cm³/mol. The standard InChI is InChI=1S/2C20H19FN4O4/c2*1-19(21)11-29-15-4-3-12(5-6-20(28)7-8-24(2)18(20)27)9-14(15)25-16(19)10-13(23-25)17(22)26/h2*3-4,9-10,28H,7-8,11H2,1-2H3,(H2,22,26)/t19-,20+;19-,20-/m10/s1. The molecule has 0 bridgehead atoms. The Bertz CT molecular complexity index is 2370. The smallest absolute Gasteiger partial charge is 0.269 e. The van der Waals surface area contributed by atoms with Crippen LogP contribution in [0.1, 0.15) is 70.2 Å². The summed E-state index contributed by atoms with van der Waals surface area (Å²) in [6.45, 7) is 2.96. The molecule has 0 spiro atoms. The van der Waals surface area contributed by atoms with E-state index in [4.69, 9.17) is 20.9 Å². The highest BCUT2D eigenvalue weighted by Gasteiger charge is 2.44. The van der Waals surface area contributed by atoms with E-state index in [1.165, 1.54) is 45.1 Å². The highest BCUT2D eigenvalue weighted by Crippen LogP contribution is 2.38. The summed E-state index contributed by atoms with van der Waals surface area (Å²) in [4.78, 5) is 50.1. The number of hydrogen-bond donors (Lipinski definition) is 4. The largest absolute Gasteiger partial charge is 0.488 e. The number of alkyl halides is 2. The minimum Gasteiger partial charge on any atom is -0.488 e. The van der Waals surface area contributed by atoms with Gasteiger partial charge in [-0.15, -0.1) is 0 Å². The number of aliphatic hydroxyl groups is 2. The minimum atomic E-state index is -1.90. The number of likely N-dealkylation sites (tertiary alicyclic amines) is 2. The first-order valence-corrected chi connectivity index (χ1v) is 18.0. The fourth-order valence-electron chi connectivity index (χ4n) is 6.74. The van der Waals surface area contributed by atoms with Crippen molar-refractivity contribution in [3.63, 3.8) is 0 Å². The normalized spacial score (nSPS) is 25.4. The van der Waals surface area contributed by atoms with Gasteiger partial charge in [-0.3, -0.25) is 19.2 Å². The summed E-state index contributed by atoms with van der Waals surface area (Å²) in [6, 6.07) is 12.3. The highest BCUT2D eigenvalue weighted by molar-refractivity contribution is 5.92. The monoisotopic (exact) mass is 796 g/mol. The number of ether oxygens (including phenoxy) is 2. The maximum Gasteiger partial charge on any atom is 0.269 e. The fourth-order valence-corrected chi connectivity index (χ4v) is 6.74. The van der Waals surface area contributed by atoms with E-state index in [9.17, 15) is 29.4 Å². The van der Waals surface area contributed by atoms with Gasteiger partial charge in [-0.1, -0.05) is 23.7 Å². The molecule has 0 unspecified atom stereocenters. The van der Waals surface area contributed by atoms with Crippen molar-refractivity contribution < 1.29 is 47.6 Å². The third kappa shape index (κ3) is 7.08. The molecule has 2 aromatic carbocycles. The van der Waals surface area contributed by atoms with Crippen LogP contribution < -0.4 is 20.9 Å². The van der Waals surface area contributed by atoms with Crippen LogP contribution in [0.2, 0.25) is 0 Å². The van der Waals surface area contributed by atoms with Gasteiger partial charge in [0, 0.05) is 51.2 Å². The molecule has 2 saturated heterocycles. The summed E-state index contributed by atoms with van der Waals surface area (Å²) in [5, 5.41) is 29.2. The van der Waals surface area contributed by atoms with E-state index < -0.39 is 46.2 Å². The second-order valence-corrected chi connectivity index (χ2v) is 14.9. The van der Waals surface area contributed by atoms with Crippen molar-refractivity contribution in [1.82, 2.24) is 29.4 Å². The average Bonchev–Trinajstić information content (AvgIpc) is 3.94. The zero-order valence-electron chi connectivity index (χ0n) is 31.8. The third-order valence-electron chi connectivity index (χ3n) is 10.2. The number of primary amides is 2. The number of aromatic nitrogens is 4. The quantitative estimate of drug-likeness (QED) is 0.211. The molecular weight excluding hydrogens is 758 g/mol.